The van der Waals surface area contributed by atoms with Crippen LogP contribution in [0.2, 0.25) is 0 Å². The van der Waals surface area contributed by atoms with Crippen molar-refractivity contribution in [2.75, 3.05) is 29.9 Å². The summed E-state index contributed by atoms with van der Waals surface area (Å²) in [5.41, 5.74) is 7.00. The molecule has 1 saturated heterocycles. The third kappa shape index (κ3) is 4.55. The summed E-state index contributed by atoms with van der Waals surface area (Å²) < 4.78 is 12.5. The number of H-pyrrole nitrogens is 1. The lowest BCUT2D eigenvalue weighted by Gasteiger charge is -2.35. The lowest BCUT2D eigenvalue weighted by Crippen LogP contribution is -2.39. The van der Waals surface area contributed by atoms with E-state index in [2.05, 4.69) is 44.2 Å². The molecule has 0 radical (unpaired) electrons. The fraction of sp³-hybridized carbons (Fsp3) is 0.250. The zero-order valence-electron chi connectivity index (χ0n) is 20.0. The minimum absolute atomic E-state index is 0.116. The number of benzene rings is 1. The predicted octanol–water partition coefficient (Wildman–Crippen LogP) is 4.36. The molecule has 1 aromatic carbocycles. The second-order valence-corrected chi connectivity index (χ2v) is 9.18. The zero-order chi connectivity index (χ0) is 24.5. The molecule has 36 heavy (non-hydrogen) atoms. The molecule has 2 aliphatic rings. The number of aryl methyl sites for hydroxylation is 1. The van der Waals surface area contributed by atoms with Gasteiger partial charge in [0.15, 0.2) is 5.75 Å². The van der Waals surface area contributed by atoms with Crippen molar-refractivity contribution in [3.63, 3.8) is 0 Å². The van der Waals surface area contributed by atoms with Crippen LogP contribution in [0.3, 0.4) is 0 Å². The smallest absolute Gasteiger partial charge is 0.249 e. The summed E-state index contributed by atoms with van der Waals surface area (Å²) in [5, 5.41) is 3.47. The SMILES string of the molecule is Cc1ccnc(CNc2ccc3c(c2)Cc2ccnc(C4CN(c5cc[nH]c(=O)c5)CCO4)c2O3)c1. The van der Waals surface area contributed by atoms with Crippen LogP contribution in [0.1, 0.15) is 34.2 Å². The van der Waals surface area contributed by atoms with Crippen LogP contribution in [0.5, 0.6) is 11.5 Å². The molecule has 0 spiro atoms. The lowest BCUT2D eigenvalue weighted by molar-refractivity contribution is 0.0355. The van der Waals surface area contributed by atoms with Gasteiger partial charge in [-0.1, -0.05) is 0 Å². The van der Waals surface area contributed by atoms with Crippen LogP contribution >= 0.6 is 0 Å². The summed E-state index contributed by atoms with van der Waals surface area (Å²) in [5.74, 6) is 1.60. The van der Waals surface area contributed by atoms with Crippen molar-refractivity contribution in [1.29, 1.82) is 0 Å². The summed E-state index contributed by atoms with van der Waals surface area (Å²) in [6.07, 6.45) is 5.83. The molecule has 2 aliphatic heterocycles. The van der Waals surface area contributed by atoms with Crippen LogP contribution in [0.25, 0.3) is 0 Å². The Balaban J connectivity index is 1.20. The van der Waals surface area contributed by atoms with Gasteiger partial charge in [0.1, 0.15) is 17.5 Å². The highest BCUT2D eigenvalue weighted by Gasteiger charge is 2.30. The molecule has 1 fully saturated rings. The van der Waals surface area contributed by atoms with Gasteiger partial charge in [-0.2, -0.15) is 0 Å². The second-order valence-electron chi connectivity index (χ2n) is 9.18. The number of rotatable bonds is 5. The quantitative estimate of drug-likeness (QED) is 0.385. The Labute approximate surface area is 209 Å². The standard InChI is InChI=1S/C28H27N5O3/c1-18-4-7-29-22(12-18)16-32-21-2-3-24-20(14-21)13-19-5-8-31-27(28(19)36-24)25-17-33(10-11-35-25)23-6-9-30-26(34)15-23/h2-9,12,14-15,25,32H,10-11,13,16-17H2,1H3,(H,30,34). The fourth-order valence-electron chi connectivity index (χ4n) is 4.80. The predicted molar refractivity (Wildman–Crippen MR) is 138 cm³/mol. The van der Waals surface area contributed by atoms with E-state index in [0.717, 1.165) is 51.8 Å². The van der Waals surface area contributed by atoms with Crippen molar-refractivity contribution in [2.24, 2.45) is 0 Å². The van der Waals surface area contributed by atoms with E-state index in [9.17, 15) is 4.79 Å². The van der Waals surface area contributed by atoms with E-state index in [1.54, 1.807) is 12.3 Å². The largest absolute Gasteiger partial charge is 0.455 e. The van der Waals surface area contributed by atoms with Gasteiger partial charge in [-0.15, -0.1) is 0 Å². The van der Waals surface area contributed by atoms with Gasteiger partial charge in [-0.25, -0.2) is 0 Å². The molecule has 0 amide bonds. The number of ether oxygens (including phenoxy) is 2. The van der Waals surface area contributed by atoms with Crippen LogP contribution in [0, 0.1) is 6.92 Å². The Kier molecular flexibility index (Phi) is 5.87. The van der Waals surface area contributed by atoms with Crippen molar-refractivity contribution in [3.05, 3.63) is 106 Å². The van der Waals surface area contributed by atoms with E-state index < -0.39 is 0 Å². The maximum absolute atomic E-state index is 11.8. The number of morpholine rings is 1. The molecular formula is C28H27N5O3. The average Bonchev–Trinajstić information content (AvgIpc) is 2.90. The molecule has 1 unspecified atom stereocenters. The third-order valence-electron chi connectivity index (χ3n) is 6.61. The molecule has 3 aromatic heterocycles. The Morgan fingerprint density at radius 3 is 2.89 bits per heavy atom. The Bertz CT molecular complexity index is 1470. The van der Waals surface area contributed by atoms with E-state index in [-0.39, 0.29) is 11.7 Å². The molecule has 2 N–H and O–H groups in total. The van der Waals surface area contributed by atoms with E-state index in [1.165, 1.54) is 5.56 Å². The number of fused-ring (bicyclic) bond motifs is 2. The first-order chi connectivity index (χ1) is 17.6. The number of aromatic amines is 1. The van der Waals surface area contributed by atoms with Gasteiger partial charge in [-0.3, -0.25) is 14.8 Å². The molecule has 182 valence electrons. The number of pyridine rings is 3. The Hall–Kier alpha value is -4.17. The zero-order valence-corrected chi connectivity index (χ0v) is 20.0. The maximum Gasteiger partial charge on any atom is 0.249 e. The van der Waals surface area contributed by atoms with Crippen molar-refractivity contribution in [1.82, 2.24) is 15.0 Å². The van der Waals surface area contributed by atoms with Crippen molar-refractivity contribution in [2.45, 2.75) is 26.0 Å². The van der Waals surface area contributed by atoms with Gasteiger partial charge in [0.25, 0.3) is 0 Å². The van der Waals surface area contributed by atoms with Crippen molar-refractivity contribution >= 4 is 11.4 Å². The lowest BCUT2D eigenvalue weighted by atomic mass is 9.98. The van der Waals surface area contributed by atoms with Gasteiger partial charge < -0.3 is 24.7 Å². The van der Waals surface area contributed by atoms with Gasteiger partial charge in [0.05, 0.1) is 25.4 Å². The van der Waals surface area contributed by atoms with Gasteiger partial charge >= 0.3 is 0 Å². The van der Waals surface area contributed by atoms with Crippen molar-refractivity contribution < 1.29 is 9.47 Å². The molecule has 4 aromatic rings. The summed E-state index contributed by atoms with van der Waals surface area (Å²) in [6.45, 7) is 4.59. The molecular weight excluding hydrogens is 454 g/mol. The first kappa shape index (κ1) is 22.3. The van der Waals surface area contributed by atoms with Crippen LogP contribution in [-0.4, -0.2) is 34.6 Å². The summed E-state index contributed by atoms with van der Waals surface area (Å²) in [4.78, 5) is 25.7. The molecule has 8 nitrogen and oxygen atoms in total. The molecule has 1 atom stereocenters. The number of nitrogens with zero attached hydrogens (tertiary/aromatic N) is 3. The van der Waals surface area contributed by atoms with Gasteiger partial charge in [0, 0.05) is 60.1 Å². The molecule has 6 rings (SSSR count). The first-order valence-corrected chi connectivity index (χ1v) is 12.1. The van der Waals surface area contributed by atoms with E-state index >= 15 is 0 Å². The van der Waals surface area contributed by atoms with Gasteiger partial charge in [0.2, 0.25) is 5.56 Å². The Morgan fingerprint density at radius 1 is 1.08 bits per heavy atom. The van der Waals surface area contributed by atoms with Crippen LogP contribution in [0.15, 0.2) is 71.9 Å². The van der Waals surface area contributed by atoms with E-state index in [0.29, 0.717) is 26.2 Å². The van der Waals surface area contributed by atoms with Gasteiger partial charge in [-0.05, 0) is 55.0 Å². The van der Waals surface area contributed by atoms with Crippen LogP contribution in [-0.2, 0) is 17.7 Å². The molecule has 8 heteroatoms. The maximum atomic E-state index is 11.8. The minimum atomic E-state index is -0.252. The van der Waals surface area contributed by atoms with E-state index in [4.69, 9.17) is 9.47 Å². The molecule has 0 saturated carbocycles. The number of anilines is 2. The normalized spacial score (nSPS) is 16.6. The number of aromatic nitrogens is 3. The average molecular weight is 482 g/mol. The fourth-order valence-corrected chi connectivity index (χ4v) is 4.80. The summed E-state index contributed by atoms with van der Waals surface area (Å²) in [7, 11) is 0. The van der Waals surface area contributed by atoms with Crippen LogP contribution in [0.4, 0.5) is 11.4 Å². The highest BCUT2D eigenvalue weighted by Crippen LogP contribution is 2.42. The highest BCUT2D eigenvalue weighted by molar-refractivity contribution is 5.58. The number of hydrogen-bond acceptors (Lipinski definition) is 7. The third-order valence-corrected chi connectivity index (χ3v) is 6.61. The number of hydrogen-bond donors (Lipinski definition) is 2. The molecule has 0 aliphatic carbocycles. The minimum Gasteiger partial charge on any atom is -0.455 e. The monoisotopic (exact) mass is 481 g/mol. The second kappa shape index (κ2) is 9.47. The van der Waals surface area contributed by atoms with Crippen LogP contribution < -0.4 is 20.5 Å². The summed E-state index contributed by atoms with van der Waals surface area (Å²) in [6, 6.07) is 15.8. The Morgan fingerprint density at radius 2 is 2.00 bits per heavy atom. The highest BCUT2D eigenvalue weighted by atomic mass is 16.5. The molecule has 5 heterocycles. The van der Waals surface area contributed by atoms with Crippen molar-refractivity contribution in [3.8, 4) is 11.5 Å². The first-order valence-electron chi connectivity index (χ1n) is 12.1. The molecule has 0 bridgehead atoms. The summed E-state index contributed by atoms with van der Waals surface area (Å²) >= 11 is 0. The number of nitrogens with one attached hydrogen (secondary N) is 2. The van der Waals surface area contributed by atoms with E-state index in [1.807, 2.05) is 42.7 Å². The topological polar surface area (TPSA) is 92.4 Å².